The number of hydrogen-bond acceptors (Lipinski definition) is 7. The largest absolute Gasteiger partial charge is 0.384 e. The molecule has 2 aromatic heterocycles. The molecule has 0 bridgehead atoms. The minimum absolute atomic E-state index is 0.0389. The third-order valence-electron chi connectivity index (χ3n) is 3.87. The maximum atomic E-state index is 11.4. The molecule has 3 rings (SSSR count). The number of nitrogens with zero attached hydrogens (tertiary/aromatic N) is 2. The second-order valence-electron chi connectivity index (χ2n) is 6.79. The number of sulfonamides is 1. The van der Waals surface area contributed by atoms with Gasteiger partial charge in [0, 0.05) is 29.9 Å². The number of piperidine rings is 1. The number of hydrogen-bond donors (Lipinski definition) is 3. The molecule has 7 nitrogen and oxygen atoms in total. The molecule has 0 aromatic carbocycles. The van der Waals surface area contributed by atoms with Gasteiger partial charge >= 0.3 is 0 Å². The Morgan fingerprint density at radius 2 is 2.16 bits per heavy atom. The van der Waals surface area contributed by atoms with Crippen molar-refractivity contribution in [3.63, 3.8) is 0 Å². The molecule has 9 heteroatoms. The smallest absolute Gasteiger partial charge is 0.247 e. The van der Waals surface area contributed by atoms with Gasteiger partial charge in [-0.1, -0.05) is 6.58 Å². The zero-order chi connectivity index (χ0) is 18.2. The molecule has 1 unspecified atom stereocenters. The maximum Gasteiger partial charge on any atom is 0.247 e. The minimum atomic E-state index is -3.70. The van der Waals surface area contributed by atoms with Crippen molar-refractivity contribution in [1.82, 2.24) is 15.3 Å². The third kappa shape index (κ3) is 4.36. The topological polar surface area (TPSA) is 110 Å². The molecule has 25 heavy (non-hydrogen) atoms. The van der Waals surface area contributed by atoms with E-state index in [9.17, 15) is 8.42 Å². The van der Waals surface area contributed by atoms with Gasteiger partial charge in [0.05, 0.1) is 10.6 Å². The first-order valence-electron chi connectivity index (χ1n) is 7.81. The van der Waals surface area contributed by atoms with Crippen LogP contribution >= 0.6 is 11.3 Å². The Morgan fingerprint density at radius 1 is 1.40 bits per heavy atom. The molecule has 1 fully saturated rings. The van der Waals surface area contributed by atoms with E-state index < -0.39 is 10.0 Å². The van der Waals surface area contributed by atoms with Crippen LogP contribution in [0.1, 0.15) is 26.7 Å². The molecule has 0 saturated carbocycles. The zero-order valence-corrected chi connectivity index (χ0v) is 15.7. The number of nitrogens with two attached hydrogens (primary N) is 1. The van der Waals surface area contributed by atoms with Gasteiger partial charge in [0.15, 0.2) is 0 Å². The summed E-state index contributed by atoms with van der Waals surface area (Å²) in [5, 5.41) is 11.9. The molecule has 0 spiro atoms. The van der Waals surface area contributed by atoms with Crippen LogP contribution in [0.2, 0.25) is 0 Å². The Hall–Kier alpha value is -1.97. The fraction of sp³-hybridized carbons (Fsp3) is 0.375. The van der Waals surface area contributed by atoms with E-state index >= 15 is 0 Å². The lowest BCUT2D eigenvalue weighted by atomic mass is 9.88. The van der Waals surface area contributed by atoms with Crippen molar-refractivity contribution >= 4 is 27.3 Å². The van der Waals surface area contributed by atoms with E-state index in [1.54, 1.807) is 18.3 Å². The molecule has 0 aliphatic carbocycles. The molecule has 134 valence electrons. The fourth-order valence-electron chi connectivity index (χ4n) is 3.03. The van der Waals surface area contributed by atoms with Crippen LogP contribution in [0.4, 0.5) is 5.95 Å². The average molecular weight is 380 g/mol. The Labute approximate surface area is 151 Å². The van der Waals surface area contributed by atoms with Crippen molar-refractivity contribution in [3.05, 3.63) is 36.7 Å². The summed E-state index contributed by atoms with van der Waals surface area (Å²) in [5.41, 5.74) is 1.60. The number of nitrogens with one attached hydrogen (secondary N) is 2. The highest BCUT2D eigenvalue weighted by atomic mass is 32.2. The van der Waals surface area contributed by atoms with E-state index in [-0.39, 0.29) is 15.8 Å². The number of rotatable bonds is 4. The lowest BCUT2D eigenvalue weighted by Gasteiger charge is -2.38. The Bertz CT molecular complexity index is 905. The Kier molecular flexibility index (Phi) is 4.56. The predicted molar refractivity (Wildman–Crippen MR) is 99.7 cm³/mol. The molecule has 4 N–H and O–H groups in total. The lowest BCUT2D eigenvalue weighted by Crippen LogP contribution is -2.48. The van der Waals surface area contributed by atoms with Gasteiger partial charge in [-0.05, 0) is 38.5 Å². The van der Waals surface area contributed by atoms with E-state index in [2.05, 4.69) is 41.0 Å². The summed E-state index contributed by atoms with van der Waals surface area (Å²) in [7, 11) is -3.70. The van der Waals surface area contributed by atoms with Crippen LogP contribution in [0, 0.1) is 0 Å². The third-order valence-corrected chi connectivity index (χ3v) is 6.41. The van der Waals surface area contributed by atoms with Gasteiger partial charge in [-0.15, -0.1) is 11.3 Å². The summed E-state index contributed by atoms with van der Waals surface area (Å²) in [6, 6.07) is 5.12. The SMILES string of the molecule is C=C1CC(Nc2nccc(-c3ccc(S(N)(=O)=O)s3)n2)CC(C)(C)N1. The van der Waals surface area contributed by atoms with E-state index in [1.807, 2.05) is 0 Å². The average Bonchev–Trinajstić information content (AvgIpc) is 2.95. The number of thiophene rings is 1. The van der Waals surface area contributed by atoms with Gasteiger partial charge in [0.1, 0.15) is 4.21 Å². The number of anilines is 1. The first kappa shape index (κ1) is 17.8. The van der Waals surface area contributed by atoms with Gasteiger partial charge < -0.3 is 10.6 Å². The van der Waals surface area contributed by atoms with Crippen LogP contribution in [-0.4, -0.2) is 30.0 Å². The minimum Gasteiger partial charge on any atom is -0.384 e. The first-order valence-corrected chi connectivity index (χ1v) is 10.2. The van der Waals surface area contributed by atoms with Crippen molar-refractivity contribution in [3.8, 4) is 10.6 Å². The van der Waals surface area contributed by atoms with Gasteiger partial charge in [0.2, 0.25) is 16.0 Å². The van der Waals surface area contributed by atoms with Crippen LogP contribution in [-0.2, 0) is 10.0 Å². The van der Waals surface area contributed by atoms with Crippen LogP contribution in [0.5, 0.6) is 0 Å². The van der Waals surface area contributed by atoms with Crippen LogP contribution in [0.25, 0.3) is 10.6 Å². The summed E-state index contributed by atoms with van der Waals surface area (Å²) in [5.74, 6) is 0.513. The molecule has 1 aliphatic heterocycles. The number of aromatic nitrogens is 2. The first-order chi connectivity index (χ1) is 11.6. The molecular formula is C16H21N5O2S2. The van der Waals surface area contributed by atoms with E-state index in [1.165, 1.54) is 6.07 Å². The van der Waals surface area contributed by atoms with Crippen LogP contribution < -0.4 is 15.8 Å². The molecule has 0 radical (unpaired) electrons. The summed E-state index contributed by atoms with van der Waals surface area (Å²) >= 11 is 1.09. The summed E-state index contributed by atoms with van der Waals surface area (Å²) in [6.45, 7) is 8.29. The van der Waals surface area contributed by atoms with Gasteiger partial charge in [0.25, 0.3) is 0 Å². The predicted octanol–water partition coefficient (Wildman–Crippen LogP) is 2.31. The molecule has 1 aliphatic rings. The molecular weight excluding hydrogens is 358 g/mol. The van der Waals surface area contributed by atoms with E-state index in [0.717, 1.165) is 34.8 Å². The van der Waals surface area contributed by atoms with Crippen molar-refractivity contribution in [2.45, 2.75) is 42.5 Å². The van der Waals surface area contributed by atoms with E-state index in [4.69, 9.17) is 5.14 Å². The highest BCUT2D eigenvalue weighted by molar-refractivity contribution is 7.91. The fourth-order valence-corrected chi connectivity index (χ4v) is 4.73. The summed E-state index contributed by atoms with van der Waals surface area (Å²) in [6.07, 6.45) is 3.36. The van der Waals surface area contributed by atoms with Gasteiger partial charge in [-0.25, -0.2) is 23.5 Å². The quantitative estimate of drug-likeness (QED) is 0.752. The monoisotopic (exact) mass is 379 g/mol. The van der Waals surface area contributed by atoms with Crippen molar-refractivity contribution in [2.24, 2.45) is 5.14 Å². The molecule has 0 amide bonds. The molecule has 2 aromatic rings. The second kappa shape index (κ2) is 6.40. The van der Waals surface area contributed by atoms with Gasteiger partial charge in [-0.3, -0.25) is 0 Å². The zero-order valence-electron chi connectivity index (χ0n) is 14.1. The molecule has 1 saturated heterocycles. The second-order valence-corrected chi connectivity index (χ2v) is 9.66. The normalized spacial score (nSPS) is 20.1. The highest BCUT2D eigenvalue weighted by Gasteiger charge is 2.29. The Morgan fingerprint density at radius 3 is 2.80 bits per heavy atom. The van der Waals surface area contributed by atoms with Gasteiger partial charge in [-0.2, -0.15) is 0 Å². The maximum absolute atomic E-state index is 11.4. The van der Waals surface area contributed by atoms with Crippen molar-refractivity contribution in [1.29, 1.82) is 0 Å². The number of primary sulfonamides is 1. The van der Waals surface area contributed by atoms with Crippen molar-refractivity contribution in [2.75, 3.05) is 5.32 Å². The molecule has 1 atom stereocenters. The highest BCUT2D eigenvalue weighted by Crippen LogP contribution is 2.30. The summed E-state index contributed by atoms with van der Waals surface area (Å²) in [4.78, 5) is 9.51. The lowest BCUT2D eigenvalue weighted by molar-refractivity contribution is 0.324. The van der Waals surface area contributed by atoms with Crippen LogP contribution in [0.3, 0.4) is 0 Å². The Balaban J connectivity index is 1.80. The molecule has 3 heterocycles. The summed E-state index contributed by atoms with van der Waals surface area (Å²) < 4.78 is 23.0. The van der Waals surface area contributed by atoms with Crippen molar-refractivity contribution < 1.29 is 8.42 Å². The van der Waals surface area contributed by atoms with Crippen LogP contribution in [0.15, 0.2) is 40.9 Å². The van der Waals surface area contributed by atoms with E-state index in [0.29, 0.717) is 11.6 Å². The standard InChI is InChI=1S/C16H21N5O2S2/c1-10-8-11(9-16(2,3)21-10)19-15-18-7-6-12(20-15)13-4-5-14(24-13)25(17,22)23/h4-7,11,21H,1,8-9H2,2-3H3,(H2,17,22,23)(H,18,19,20).